The van der Waals surface area contributed by atoms with Crippen LogP contribution in [0.4, 0.5) is 4.79 Å². The second-order valence-corrected chi connectivity index (χ2v) is 12.9. The molecular formula is C35H37N3O3S. The molecular weight excluding hydrogens is 542 g/mol. The van der Waals surface area contributed by atoms with Gasteiger partial charge >= 0.3 is 6.09 Å². The smallest absolute Gasteiger partial charge is 0.410 e. The third-order valence-electron chi connectivity index (χ3n) is 7.38. The van der Waals surface area contributed by atoms with Gasteiger partial charge in [-0.05, 0) is 56.0 Å². The van der Waals surface area contributed by atoms with E-state index in [2.05, 4.69) is 83.1 Å². The molecule has 2 atom stereocenters. The van der Waals surface area contributed by atoms with E-state index in [1.54, 1.807) is 29.4 Å². The number of hydrogen-bond donors (Lipinski definition) is 1. The largest absolute Gasteiger partial charge is 0.444 e. The van der Waals surface area contributed by atoms with Crippen LogP contribution in [0.15, 0.2) is 116 Å². The lowest BCUT2D eigenvalue weighted by atomic mass is 9.84. The van der Waals surface area contributed by atoms with E-state index in [0.717, 1.165) is 23.1 Å². The lowest BCUT2D eigenvalue weighted by Gasteiger charge is -2.39. The van der Waals surface area contributed by atoms with Crippen molar-refractivity contribution in [2.45, 2.75) is 48.8 Å². The average Bonchev–Trinajstić information content (AvgIpc) is 3.42. The highest BCUT2D eigenvalue weighted by molar-refractivity contribution is 8.01. The summed E-state index contributed by atoms with van der Waals surface area (Å²) in [6.07, 6.45) is 3.58. The summed E-state index contributed by atoms with van der Waals surface area (Å²) in [6.45, 7) is 6.44. The normalized spacial score (nSPS) is 17.1. The van der Waals surface area contributed by atoms with Crippen LogP contribution in [0.5, 0.6) is 0 Å². The number of rotatable bonds is 8. The Balaban J connectivity index is 1.55. The van der Waals surface area contributed by atoms with Crippen molar-refractivity contribution < 1.29 is 14.3 Å². The van der Waals surface area contributed by atoms with Crippen LogP contribution in [0.2, 0.25) is 0 Å². The number of nitrogens with one attached hydrogen (secondary N) is 1. The molecule has 2 amide bonds. The fraction of sp³-hybridized carbons (Fsp3) is 0.286. The highest BCUT2D eigenvalue weighted by Crippen LogP contribution is 2.52. The van der Waals surface area contributed by atoms with Crippen LogP contribution in [-0.4, -0.2) is 51.9 Å². The van der Waals surface area contributed by atoms with Gasteiger partial charge in [0.2, 0.25) is 0 Å². The van der Waals surface area contributed by atoms with E-state index < -0.39 is 10.3 Å². The maximum atomic E-state index is 13.5. The van der Waals surface area contributed by atoms with E-state index in [4.69, 9.17) is 4.74 Å². The van der Waals surface area contributed by atoms with Crippen LogP contribution in [0.3, 0.4) is 0 Å². The van der Waals surface area contributed by atoms with Crippen molar-refractivity contribution >= 4 is 23.8 Å². The highest BCUT2D eigenvalue weighted by Gasteiger charge is 2.46. The van der Waals surface area contributed by atoms with Gasteiger partial charge in [0.15, 0.2) is 0 Å². The Morgan fingerprint density at radius 2 is 1.40 bits per heavy atom. The summed E-state index contributed by atoms with van der Waals surface area (Å²) in [5.74, 6) is -0.219. The van der Waals surface area contributed by atoms with Gasteiger partial charge < -0.3 is 15.0 Å². The first-order valence-electron chi connectivity index (χ1n) is 14.3. The Morgan fingerprint density at radius 1 is 0.857 bits per heavy atom. The third-order valence-corrected chi connectivity index (χ3v) is 9.29. The third kappa shape index (κ3) is 6.52. The van der Waals surface area contributed by atoms with Crippen LogP contribution in [-0.2, 0) is 9.48 Å². The molecule has 6 nitrogen and oxygen atoms in total. The van der Waals surface area contributed by atoms with E-state index in [1.165, 1.54) is 0 Å². The Morgan fingerprint density at radius 3 is 1.88 bits per heavy atom. The van der Waals surface area contributed by atoms with Crippen molar-refractivity contribution in [1.82, 2.24) is 15.2 Å². The summed E-state index contributed by atoms with van der Waals surface area (Å²) in [5.41, 5.74) is 3.31. The van der Waals surface area contributed by atoms with Gasteiger partial charge in [0, 0.05) is 30.7 Å². The quantitative estimate of drug-likeness (QED) is 0.230. The van der Waals surface area contributed by atoms with Gasteiger partial charge in [-0.2, -0.15) is 0 Å². The number of aromatic nitrogens is 1. The van der Waals surface area contributed by atoms with Crippen LogP contribution < -0.4 is 5.32 Å². The minimum Gasteiger partial charge on any atom is -0.444 e. The number of likely N-dealkylation sites (tertiary alicyclic amines) is 1. The summed E-state index contributed by atoms with van der Waals surface area (Å²) in [7, 11) is 0. The van der Waals surface area contributed by atoms with Gasteiger partial charge in [-0.25, -0.2) is 4.79 Å². The molecule has 1 aliphatic rings. The minimum atomic E-state index is -0.631. The molecule has 216 valence electrons. The van der Waals surface area contributed by atoms with Gasteiger partial charge in [-0.1, -0.05) is 91.0 Å². The van der Waals surface area contributed by atoms with Crippen LogP contribution >= 0.6 is 11.8 Å². The first-order valence-corrected chi connectivity index (χ1v) is 15.2. The molecule has 1 aliphatic heterocycles. The summed E-state index contributed by atoms with van der Waals surface area (Å²) in [4.78, 5) is 32.4. The molecule has 0 spiro atoms. The molecule has 42 heavy (non-hydrogen) atoms. The first-order chi connectivity index (χ1) is 20.3. The van der Waals surface area contributed by atoms with Gasteiger partial charge in [0.05, 0.1) is 16.4 Å². The molecule has 7 heteroatoms. The molecule has 0 aliphatic carbocycles. The molecule has 2 unspecified atom stereocenters. The van der Waals surface area contributed by atoms with Gasteiger partial charge in [-0.3, -0.25) is 9.78 Å². The van der Waals surface area contributed by atoms with Crippen molar-refractivity contribution in [3.63, 3.8) is 0 Å². The predicted octanol–water partition coefficient (Wildman–Crippen LogP) is 6.91. The lowest BCUT2D eigenvalue weighted by Crippen LogP contribution is -2.48. The van der Waals surface area contributed by atoms with Gasteiger partial charge in [0.25, 0.3) is 5.91 Å². The number of thioether (sulfide) groups is 1. The maximum Gasteiger partial charge on any atom is 0.410 e. The molecule has 5 rings (SSSR count). The molecule has 0 bridgehead atoms. The molecule has 1 aromatic heterocycles. The number of hydrogen-bond acceptors (Lipinski definition) is 5. The highest BCUT2D eigenvalue weighted by atomic mass is 32.2. The van der Waals surface area contributed by atoms with Gasteiger partial charge in [-0.15, -0.1) is 11.8 Å². The standard InChI is InChI=1S/C35H37N3O3S/c1-34(2,3)41-33(40)38-23-21-31(30(38)25-37-32(39)26-14-13-22-36-24-26)42-35(27-15-7-4-8-16-27,28-17-9-5-10-18-28)29-19-11-6-12-20-29/h4-20,22,24,30-31H,21,23,25H2,1-3H3,(H,37,39). The summed E-state index contributed by atoms with van der Waals surface area (Å²) in [5, 5.41) is 3.07. The van der Waals surface area contributed by atoms with Crippen LogP contribution in [0, 0.1) is 0 Å². The summed E-state index contributed by atoms with van der Waals surface area (Å²) >= 11 is 1.84. The monoisotopic (exact) mass is 579 g/mol. The van der Waals surface area contributed by atoms with Crippen molar-refractivity contribution in [2.75, 3.05) is 13.1 Å². The van der Waals surface area contributed by atoms with Gasteiger partial charge in [0.1, 0.15) is 5.60 Å². The van der Waals surface area contributed by atoms with Crippen molar-refractivity contribution in [3.05, 3.63) is 138 Å². The van der Waals surface area contributed by atoms with Crippen LogP contribution in [0.25, 0.3) is 0 Å². The SMILES string of the molecule is CC(C)(C)OC(=O)N1CCC(SC(c2ccccc2)(c2ccccc2)c2ccccc2)C1CNC(=O)c1cccnc1. The Bertz CT molecular complexity index is 1360. The fourth-order valence-electron chi connectivity index (χ4n) is 5.50. The number of ether oxygens (including phenoxy) is 1. The first kappa shape index (κ1) is 29.4. The number of carbonyl (C=O) groups excluding carboxylic acids is 2. The van der Waals surface area contributed by atoms with E-state index in [1.807, 2.05) is 50.7 Å². The number of nitrogens with zero attached hydrogens (tertiary/aromatic N) is 2. The summed E-state index contributed by atoms with van der Waals surface area (Å²) < 4.78 is 5.28. The van der Waals surface area contributed by atoms with E-state index >= 15 is 0 Å². The lowest BCUT2D eigenvalue weighted by molar-refractivity contribution is 0.0226. The van der Waals surface area contributed by atoms with E-state index in [9.17, 15) is 9.59 Å². The molecule has 3 aromatic carbocycles. The number of amides is 2. The zero-order valence-corrected chi connectivity index (χ0v) is 25.1. The fourth-order valence-corrected chi connectivity index (χ4v) is 7.39. The molecule has 2 heterocycles. The van der Waals surface area contributed by atoms with E-state index in [-0.39, 0.29) is 23.3 Å². The molecule has 0 saturated carbocycles. The molecule has 1 saturated heterocycles. The molecule has 0 radical (unpaired) electrons. The second kappa shape index (κ2) is 12.8. The molecule has 1 fully saturated rings. The van der Waals surface area contributed by atoms with Crippen molar-refractivity contribution in [2.24, 2.45) is 0 Å². The van der Waals surface area contributed by atoms with Crippen molar-refractivity contribution in [3.8, 4) is 0 Å². The number of benzene rings is 3. The topological polar surface area (TPSA) is 71.5 Å². The second-order valence-electron chi connectivity index (χ2n) is 11.4. The molecule has 1 N–H and O–H groups in total. The number of pyridine rings is 1. The van der Waals surface area contributed by atoms with Crippen LogP contribution in [0.1, 0.15) is 54.2 Å². The average molecular weight is 580 g/mol. The Hall–Kier alpha value is -4.10. The van der Waals surface area contributed by atoms with E-state index in [0.29, 0.717) is 18.7 Å². The predicted molar refractivity (Wildman–Crippen MR) is 169 cm³/mol. The zero-order chi connectivity index (χ0) is 29.6. The van der Waals surface area contributed by atoms with Crippen molar-refractivity contribution in [1.29, 1.82) is 0 Å². The number of carbonyl (C=O) groups is 2. The minimum absolute atomic E-state index is 0.00710. The Kier molecular flexibility index (Phi) is 8.97. The maximum absolute atomic E-state index is 13.5. The Labute approximate surface area is 252 Å². The molecule has 4 aromatic rings. The zero-order valence-electron chi connectivity index (χ0n) is 24.3. The summed E-state index contributed by atoms with van der Waals surface area (Å²) in [6, 6.07) is 34.8.